The molecule has 0 amide bonds. The van der Waals surface area contributed by atoms with E-state index >= 15 is 0 Å². The summed E-state index contributed by atoms with van der Waals surface area (Å²) in [5.74, 6) is 0. The molecule has 1 unspecified atom stereocenters. The highest BCUT2D eigenvalue weighted by Gasteiger charge is 2.16. The molecule has 1 atom stereocenters. The van der Waals surface area contributed by atoms with Gasteiger partial charge in [0.15, 0.2) is 0 Å². The second-order valence-corrected chi connectivity index (χ2v) is 6.86. The zero-order valence-corrected chi connectivity index (χ0v) is 12.7. The molecular weight excluding hydrogens is 360 g/mol. The van der Waals surface area contributed by atoms with Crippen molar-refractivity contribution in [3.05, 3.63) is 29.8 Å². The average Bonchev–Trinajstić information content (AvgIpc) is 2.26. The fourth-order valence-electron chi connectivity index (χ4n) is 0.981. The van der Waals surface area contributed by atoms with Gasteiger partial charge in [-0.25, -0.2) is 0 Å². The lowest BCUT2D eigenvalue weighted by molar-refractivity contribution is 0.325. The van der Waals surface area contributed by atoms with Crippen molar-refractivity contribution in [2.75, 3.05) is 11.9 Å². The first-order valence-corrected chi connectivity index (χ1v) is 8.06. The fourth-order valence-corrected chi connectivity index (χ4v) is 2.42. The molecule has 0 saturated carbocycles. The maximum absolute atomic E-state index is 11.7. The Hall–Kier alpha value is 0.0900. The molecule has 0 heterocycles. The van der Waals surface area contributed by atoms with Gasteiger partial charge in [0.1, 0.15) is 0 Å². The molecule has 1 aromatic rings. The maximum atomic E-state index is 11.7. The Morgan fingerprint density at radius 1 is 1.31 bits per heavy atom. The number of halogens is 2. The zero-order valence-electron chi connectivity index (χ0n) is 8.69. The first kappa shape index (κ1) is 14.2. The molecule has 16 heavy (non-hydrogen) atoms. The molecule has 0 bridgehead atoms. The van der Waals surface area contributed by atoms with Gasteiger partial charge >= 0.3 is 0 Å². The lowest BCUT2D eigenvalue weighted by Gasteiger charge is -2.08. The SMILES string of the molecule is Cc1ccc(S(=O)(=O)OCC(Br)CBr)cc1. The third kappa shape index (κ3) is 4.16. The monoisotopic (exact) mass is 370 g/mol. The Morgan fingerprint density at radius 2 is 1.88 bits per heavy atom. The van der Waals surface area contributed by atoms with Gasteiger partial charge in [-0.05, 0) is 19.1 Å². The van der Waals surface area contributed by atoms with Gasteiger partial charge in [0.2, 0.25) is 0 Å². The molecule has 0 radical (unpaired) electrons. The van der Waals surface area contributed by atoms with E-state index in [9.17, 15) is 8.42 Å². The summed E-state index contributed by atoms with van der Waals surface area (Å²) in [7, 11) is -3.63. The van der Waals surface area contributed by atoms with Gasteiger partial charge in [-0.3, -0.25) is 4.18 Å². The summed E-state index contributed by atoms with van der Waals surface area (Å²) in [4.78, 5) is 0.167. The lowest BCUT2D eigenvalue weighted by atomic mass is 10.2. The van der Waals surface area contributed by atoms with Gasteiger partial charge in [-0.15, -0.1) is 0 Å². The molecule has 90 valence electrons. The highest BCUT2D eigenvalue weighted by atomic mass is 79.9. The van der Waals surface area contributed by atoms with Gasteiger partial charge < -0.3 is 0 Å². The van der Waals surface area contributed by atoms with Crippen LogP contribution in [0.15, 0.2) is 29.2 Å². The number of rotatable bonds is 5. The first-order valence-electron chi connectivity index (χ1n) is 4.62. The molecule has 0 N–H and O–H groups in total. The molecule has 0 fully saturated rings. The van der Waals surface area contributed by atoms with Crippen molar-refractivity contribution >= 4 is 42.0 Å². The number of hydrogen-bond donors (Lipinski definition) is 0. The second-order valence-electron chi connectivity index (χ2n) is 3.30. The van der Waals surface area contributed by atoms with E-state index in [1.807, 2.05) is 6.92 Å². The Labute approximate surface area is 113 Å². The van der Waals surface area contributed by atoms with E-state index in [1.54, 1.807) is 24.3 Å². The van der Waals surface area contributed by atoms with Gasteiger partial charge in [0, 0.05) is 10.2 Å². The van der Waals surface area contributed by atoms with Crippen molar-refractivity contribution in [1.82, 2.24) is 0 Å². The summed E-state index contributed by atoms with van der Waals surface area (Å²) in [6.07, 6.45) is 0. The van der Waals surface area contributed by atoms with Crippen molar-refractivity contribution in [3.8, 4) is 0 Å². The van der Waals surface area contributed by atoms with Crippen LogP contribution in [0.3, 0.4) is 0 Å². The molecule has 6 heteroatoms. The molecule has 0 spiro atoms. The molecular formula is C10H12Br2O3S. The zero-order chi connectivity index (χ0) is 12.2. The average molecular weight is 372 g/mol. The summed E-state index contributed by atoms with van der Waals surface area (Å²) in [5, 5.41) is 0.635. The van der Waals surface area contributed by atoms with Crippen LogP contribution in [0.2, 0.25) is 0 Å². The smallest absolute Gasteiger partial charge is 0.265 e. The van der Waals surface area contributed by atoms with Crippen LogP contribution in [0.4, 0.5) is 0 Å². The third-order valence-corrected chi connectivity index (χ3v) is 5.42. The van der Waals surface area contributed by atoms with E-state index in [-0.39, 0.29) is 16.3 Å². The van der Waals surface area contributed by atoms with E-state index in [0.29, 0.717) is 5.33 Å². The second kappa shape index (κ2) is 6.14. The Bertz CT molecular complexity index is 428. The normalized spacial score (nSPS) is 13.7. The lowest BCUT2D eigenvalue weighted by Crippen LogP contribution is -2.15. The topological polar surface area (TPSA) is 43.4 Å². The summed E-state index contributed by atoms with van der Waals surface area (Å²) in [6.45, 7) is 2.01. The Morgan fingerprint density at radius 3 is 2.38 bits per heavy atom. The fraction of sp³-hybridized carbons (Fsp3) is 0.400. The van der Waals surface area contributed by atoms with E-state index in [0.717, 1.165) is 5.56 Å². The summed E-state index contributed by atoms with van der Waals surface area (Å²) in [6, 6.07) is 6.57. The van der Waals surface area contributed by atoms with Crippen LogP contribution in [0, 0.1) is 6.92 Å². The minimum atomic E-state index is -3.63. The largest absolute Gasteiger partial charge is 0.297 e. The van der Waals surface area contributed by atoms with Gasteiger partial charge in [-0.1, -0.05) is 49.6 Å². The van der Waals surface area contributed by atoms with Crippen LogP contribution in [-0.2, 0) is 14.3 Å². The standard InChI is InChI=1S/C10H12Br2O3S/c1-8-2-4-10(5-3-8)16(13,14)15-7-9(12)6-11/h2-5,9H,6-7H2,1H3. The molecule has 3 nitrogen and oxygen atoms in total. The highest BCUT2D eigenvalue weighted by molar-refractivity contribution is 9.12. The first-order chi connectivity index (χ1) is 7.45. The molecule has 0 saturated heterocycles. The molecule has 0 aliphatic rings. The molecule has 0 aromatic heterocycles. The van der Waals surface area contributed by atoms with Crippen LogP contribution in [0.1, 0.15) is 5.56 Å². The van der Waals surface area contributed by atoms with Crippen molar-refractivity contribution in [1.29, 1.82) is 0 Å². The van der Waals surface area contributed by atoms with E-state index in [2.05, 4.69) is 31.9 Å². The van der Waals surface area contributed by atoms with Crippen LogP contribution < -0.4 is 0 Å². The van der Waals surface area contributed by atoms with Crippen molar-refractivity contribution in [2.24, 2.45) is 0 Å². The number of hydrogen-bond acceptors (Lipinski definition) is 3. The summed E-state index contributed by atoms with van der Waals surface area (Å²) >= 11 is 6.50. The van der Waals surface area contributed by atoms with Gasteiger partial charge in [0.25, 0.3) is 10.1 Å². The minimum Gasteiger partial charge on any atom is -0.265 e. The quantitative estimate of drug-likeness (QED) is 0.590. The Balaban J connectivity index is 2.74. The number of benzene rings is 1. The summed E-state index contributed by atoms with van der Waals surface area (Å²) in [5.41, 5.74) is 1.01. The molecule has 0 aliphatic carbocycles. The van der Waals surface area contributed by atoms with E-state index in [4.69, 9.17) is 4.18 Å². The summed E-state index contributed by atoms with van der Waals surface area (Å²) < 4.78 is 28.3. The molecule has 0 aliphatic heterocycles. The minimum absolute atomic E-state index is 0.0206. The highest BCUT2D eigenvalue weighted by Crippen LogP contribution is 2.15. The maximum Gasteiger partial charge on any atom is 0.297 e. The van der Waals surface area contributed by atoms with Crippen LogP contribution in [0.25, 0.3) is 0 Å². The van der Waals surface area contributed by atoms with Crippen molar-refractivity contribution < 1.29 is 12.6 Å². The van der Waals surface area contributed by atoms with Gasteiger partial charge in [-0.2, -0.15) is 8.42 Å². The number of alkyl halides is 2. The van der Waals surface area contributed by atoms with E-state index < -0.39 is 10.1 Å². The van der Waals surface area contributed by atoms with Crippen molar-refractivity contribution in [3.63, 3.8) is 0 Å². The molecule has 1 aromatic carbocycles. The predicted octanol–water partition coefficient (Wildman–Crippen LogP) is 2.86. The third-order valence-electron chi connectivity index (χ3n) is 1.88. The van der Waals surface area contributed by atoms with Gasteiger partial charge in [0.05, 0.1) is 11.5 Å². The molecule has 1 rings (SSSR count). The van der Waals surface area contributed by atoms with Crippen molar-refractivity contribution in [2.45, 2.75) is 16.6 Å². The van der Waals surface area contributed by atoms with Crippen LogP contribution in [-0.4, -0.2) is 25.2 Å². The van der Waals surface area contributed by atoms with Crippen LogP contribution in [0.5, 0.6) is 0 Å². The predicted molar refractivity (Wildman–Crippen MR) is 70.8 cm³/mol. The van der Waals surface area contributed by atoms with E-state index in [1.165, 1.54) is 0 Å². The van der Waals surface area contributed by atoms with Crippen LogP contribution >= 0.6 is 31.9 Å². The Kier molecular flexibility index (Phi) is 5.43. The number of aryl methyl sites for hydroxylation is 1.